The number of ether oxygens (including phenoxy) is 2. The maximum Gasteiger partial charge on any atom is 0.342 e. The largest absolute Gasteiger partial charge is 0.462 e. The molecule has 0 amide bonds. The lowest BCUT2D eigenvalue weighted by Gasteiger charge is -2.62. The summed E-state index contributed by atoms with van der Waals surface area (Å²) in [7, 11) is 0. The molecule has 4 heterocycles. The summed E-state index contributed by atoms with van der Waals surface area (Å²) in [6.07, 6.45) is 8.40. The molecule has 59 heavy (non-hydrogen) atoms. The van der Waals surface area contributed by atoms with Gasteiger partial charge in [-0.05, 0) is 69.8 Å². The van der Waals surface area contributed by atoms with E-state index in [-0.39, 0.29) is 84.3 Å². The van der Waals surface area contributed by atoms with E-state index in [9.17, 15) is 29.4 Å². The zero-order valence-electron chi connectivity index (χ0n) is 34.3. The molecule has 9 atom stereocenters. The number of fused-ring (bicyclic) bond motifs is 1. The molecule has 6 unspecified atom stereocenters. The van der Waals surface area contributed by atoms with Crippen molar-refractivity contribution < 1.29 is 38.9 Å². The van der Waals surface area contributed by atoms with E-state index in [1.54, 1.807) is 33.2 Å². The van der Waals surface area contributed by atoms with Crippen LogP contribution >= 0.6 is 0 Å². The van der Waals surface area contributed by atoms with Gasteiger partial charge in [-0.2, -0.15) is 0 Å². The molecular formula is C42H55N9O8. The second-order valence-corrected chi connectivity index (χ2v) is 16.5. The quantitative estimate of drug-likeness (QED) is 0.0860. The summed E-state index contributed by atoms with van der Waals surface area (Å²) in [4.78, 5) is 79.6. The van der Waals surface area contributed by atoms with Crippen molar-refractivity contribution >= 4 is 59.1 Å². The number of nitrogen functional groups attached to an aromatic ring is 1. The number of aliphatic hydroxyl groups excluding tert-OH is 2. The summed E-state index contributed by atoms with van der Waals surface area (Å²) >= 11 is 0. The van der Waals surface area contributed by atoms with Gasteiger partial charge in [-0.15, -0.1) is 0 Å². The van der Waals surface area contributed by atoms with E-state index in [1.807, 2.05) is 6.92 Å². The average Bonchev–Trinajstić information content (AvgIpc) is 4.00. The molecule has 2 saturated carbocycles. The Morgan fingerprint density at radius 3 is 2.25 bits per heavy atom. The SMILES string of the molecule is C=C1C(NC(C)C(=O)CC2=NCC=N2)CC2[C@](C)(CC[C@@H](O)[C@@]2(C)CO)C1CC(NC(C)C(=O)CC1=NCC=N1)C1=C/C(=C(/C(=O)OCC)c2cnc(N)nc2)OC1=O. The van der Waals surface area contributed by atoms with Crippen LogP contribution in [0.25, 0.3) is 5.57 Å². The molecule has 3 aliphatic heterocycles. The van der Waals surface area contributed by atoms with Crippen LogP contribution < -0.4 is 16.4 Å². The van der Waals surface area contributed by atoms with Crippen molar-refractivity contribution in [2.45, 2.75) is 103 Å². The minimum Gasteiger partial charge on any atom is -0.462 e. The maximum absolute atomic E-state index is 14.1. The Hall–Kier alpha value is -5.10. The number of anilines is 1. The number of allylic oxidation sites excluding steroid dienone is 1. The van der Waals surface area contributed by atoms with Gasteiger partial charge in [-0.25, -0.2) is 29.5 Å². The highest BCUT2D eigenvalue weighted by Crippen LogP contribution is 2.62. The summed E-state index contributed by atoms with van der Waals surface area (Å²) in [5.41, 5.74) is 5.33. The number of hydrogen-bond donors (Lipinski definition) is 5. The molecule has 1 aromatic rings. The summed E-state index contributed by atoms with van der Waals surface area (Å²) in [6.45, 7) is 14.4. The van der Waals surface area contributed by atoms with Crippen LogP contribution in [-0.4, -0.2) is 124 Å². The van der Waals surface area contributed by atoms with E-state index < -0.39 is 53.0 Å². The van der Waals surface area contributed by atoms with E-state index in [2.05, 4.69) is 54.1 Å². The fraction of sp³-hybridized carbons (Fsp3) is 0.571. The topological polar surface area (TPSA) is 253 Å². The van der Waals surface area contributed by atoms with Crippen molar-refractivity contribution in [2.75, 3.05) is 32.0 Å². The highest BCUT2D eigenvalue weighted by molar-refractivity contribution is 6.18. The van der Waals surface area contributed by atoms with Crippen molar-refractivity contribution in [3.8, 4) is 0 Å². The van der Waals surface area contributed by atoms with Gasteiger partial charge in [-0.3, -0.25) is 19.6 Å². The smallest absolute Gasteiger partial charge is 0.342 e. The normalized spacial score (nSPS) is 29.8. The van der Waals surface area contributed by atoms with Gasteiger partial charge >= 0.3 is 11.9 Å². The van der Waals surface area contributed by atoms with E-state index >= 15 is 0 Å². The predicted octanol–water partition coefficient (Wildman–Crippen LogP) is 2.14. The van der Waals surface area contributed by atoms with Crippen LogP contribution in [0.15, 0.2) is 61.9 Å². The first-order valence-corrected chi connectivity index (χ1v) is 20.2. The number of cyclic esters (lactones) is 1. The fourth-order valence-corrected chi connectivity index (χ4v) is 9.34. The van der Waals surface area contributed by atoms with Crippen molar-refractivity contribution in [2.24, 2.45) is 42.6 Å². The number of nitrogens with zero attached hydrogens (tertiary/aromatic N) is 6. The van der Waals surface area contributed by atoms with Crippen molar-refractivity contribution in [1.29, 1.82) is 0 Å². The predicted molar refractivity (Wildman–Crippen MR) is 222 cm³/mol. The average molecular weight is 814 g/mol. The highest BCUT2D eigenvalue weighted by Gasteiger charge is 2.60. The molecule has 1 aromatic heterocycles. The number of carbonyl (C=O) groups excluding carboxylic acids is 4. The van der Waals surface area contributed by atoms with Crippen LogP contribution in [0.2, 0.25) is 0 Å². The summed E-state index contributed by atoms with van der Waals surface area (Å²) in [5.74, 6) is -1.67. The molecule has 6 N–H and O–H groups in total. The minimum atomic E-state index is -0.904. The molecule has 0 saturated heterocycles. The summed E-state index contributed by atoms with van der Waals surface area (Å²) in [6, 6.07) is -2.68. The first kappa shape index (κ1) is 43.5. The number of amidine groups is 2. The number of rotatable bonds is 17. The molecule has 5 aliphatic rings. The van der Waals surface area contributed by atoms with E-state index in [0.717, 1.165) is 5.57 Å². The van der Waals surface area contributed by atoms with Crippen molar-refractivity contribution in [3.63, 3.8) is 0 Å². The maximum atomic E-state index is 14.1. The molecule has 0 radical (unpaired) electrons. The summed E-state index contributed by atoms with van der Waals surface area (Å²) in [5, 5.41) is 29.3. The third-order valence-electron chi connectivity index (χ3n) is 12.8. The Morgan fingerprint density at radius 2 is 1.68 bits per heavy atom. The Bertz CT molecular complexity index is 2040. The lowest BCUT2D eigenvalue weighted by Crippen LogP contribution is -2.62. The zero-order valence-corrected chi connectivity index (χ0v) is 34.3. The Morgan fingerprint density at radius 1 is 1.05 bits per heavy atom. The molecule has 0 spiro atoms. The highest BCUT2D eigenvalue weighted by atomic mass is 16.6. The van der Waals surface area contributed by atoms with Crippen LogP contribution in [0.4, 0.5) is 5.95 Å². The Balaban J connectivity index is 1.41. The van der Waals surface area contributed by atoms with Crippen molar-refractivity contribution in [3.05, 3.63) is 47.5 Å². The second-order valence-electron chi connectivity index (χ2n) is 16.5. The molecule has 2 aliphatic carbocycles. The molecule has 316 valence electrons. The number of nitrogens with two attached hydrogens (primary N) is 1. The molecule has 6 rings (SSSR count). The number of carbonyl (C=O) groups is 4. The van der Waals surface area contributed by atoms with Crippen LogP contribution in [0.1, 0.15) is 78.7 Å². The van der Waals surface area contributed by atoms with Gasteiger partial charge in [0.1, 0.15) is 23.0 Å². The standard InChI is InChI=1S/C42H55N9O8/c1-7-58-39(57)37(25-19-48-40(43)49-20-25)32-14-26(38(56)59-32)29(51-24(4)31(54)18-36-46-12-13-47-36)15-27-22(2)28(50-23(3)30(53)17-35-44-10-11-45-35)16-33-41(27,5)9-8-34(55)42(33,6)21-52/h10,12,14,19-20,23-24,27-29,33-34,50-52,55H,2,7-9,11,13,15-18,21H2,1,3-6H3,(H2,43,48,49)/b37-32-/t23?,24?,27?,28?,29?,33?,34-,41-,42+/m1/s1. The van der Waals surface area contributed by atoms with Gasteiger partial charge in [0.2, 0.25) is 5.95 Å². The molecule has 0 bridgehead atoms. The zero-order chi connectivity index (χ0) is 42.6. The third kappa shape index (κ3) is 9.07. The number of esters is 2. The first-order valence-electron chi connectivity index (χ1n) is 20.2. The number of aliphatic hydroxyl groups is 2. The van der Waals surface area contributed by atoms with Gasteiger partial charge < -0.3 is 36.1 Å². The first-order chi connectivity index (χ1) is 28.1. The Labute approximate surface area is 343 Å². The number of hydrogen-bond acceptors (Lipinski definition) is 17. The number of ketones is 2. The number of aromatic nitrogens is 2. The van der Waals surface area contributed by atoms with Crippen LogP contribution in [0.5, 0.6) is 0 Å². The number of aliphatic imine (C=N–C) groups is 4. The fourth-order valence-electron chi connectivity index (χ4n) is 9.34. The molecule has 17 nitrogen and oxygen atoms in total. The lowest BCUT2D eigenvalue weighted by atomic mass is 9.45. The van der Waals surface area contributed by atoms with Gasteiger partial charge in [-0.1, -0.05) is 26.0 Å². The number of nitrogens with one attached hydrogen (secondary N) is 2. The van der Waals surface area contributed by atoms with E-state index in [4.69, 9.17) is 15.2 Å². The monoisotopic (exact) mass is 813 g/mol. The van der Waals surface area contributed by atoms with Gasteiger partial charge in [0, 0.05) is 47.9 Å². The number of Topliss-reactive ketones (excluding diaryl/α,β-unsaturated/α-hetero) is 2. The van der Waals surface area contributed by atoms with Gasteiger partial charge in [0.15, 0.2) is 11.6 Å². The molecular weight excluding hydrogens is 759 g/mol. The van der Waals surface area contributed by atoms with Crippen molar-refractivity contribution in [1.82, 2.24) is 20.6 Å². The van der Waals surface area contributed by atoms with E-state index in [0.29, 0.717) is 44.0 Å². The van der Waals surface area contributed by atoms with Crippen LogP contribution in [-0.2, 0) is 28.7 Å². The van der Waals surface area contributed by atoms with E-state index in [1.165, 1.54) is 18.5 Å². The van der Waals surface area contributed by atoms with Crippen LogP contribution in [0, 0.1) is 22.7 Å². The minimum absolute atomic E-state index is 0.0187. The second kappa shape index (κ2) is 18.0. The van der Waals surface area contributed by atoms with Gasteiger partial charge in [0.05, 0.1) is 62.9 Å². The molecule has 2 fully saturated rings. The molecule has 17 heteroatoms. The third-order valence-corrected chi connectivity index (χ3v) is 12.8. The lowest BCUT2D eigenvalue weighted by molar-refractivity contribution is -0.156. The van der Waals surface area contributed by atoms with Crippen LogP contribution in [0.3, 0.4) is 0 Å². The van der Waals surface area contributed by atoms with Gasteiger partial charge in [0.25, 0.3) is 0 Å². The summed E-state index contributed by atoms with van der Waals surface area (Å²) < 4.78 is 11.2. The Kier molecular flexibility index (Phi) is 13.3. The molecule has 0 aromatic carbocycles.